The monoisotopic (exact) mass is 822 g/mol. The van der Waals surface area contributed by atoms with E-state index in [1.54, 1.807) is 30.4 Å². The van der Waals surface area contributed by atoms with Crippen LogP contribution in [0.2, 0.25) is 0 Å². The summed E-state index contributed by atoms with van der Waals surface area (Å²) in [5.74, 6) is 1.66. The van der Waals surface area contributed by atoms with E-state index in [4.69, 9.17) is 28.4 Å². The Kier molecular flexibility index (Phi) is 15.4. The Balaban J connectivity index is 0.907. The summed E-state index contributed by atoms with van der Waals surface area (Å²) >= 11 is 0. The number of esters is 2. The van der Waals surface area contributed by atoms with E-state index >= 15 is 0 Å². The van der Waals surface area contributed by atoms with Crippen LogP contribution in [0.15, 0.2) is 194 Å². The first-order valence-corrected chi connectivity index (χ1v) is 20.3. The summed E-state index contributed by atoms with van der Waals surface area (Å²) in [7, 11) is 0. The Hall–Kier alpha value is -7.84. The molecule has 0 unspecified atom stereocenters. The normalized spacial score (nSPS) is 11.0. The molecule has 0 radical (unpaired) electrons. The van der Waals surface area contributed by atoms with Gasteiger partial charge in [-0.2, -0.15) is 0 Å². The summed E-state index contributed by atoms with van der Waals surface area (Å²) in [6.07, 6.45) is 6.53. The average Bonchev–Trinajstić information content (AvgIpc) is 3.32. The van der Waals surface area contributed by atoms with Gasteiger partial charge in [0, 0.05) is 18.6 Å². The molecular weight excluding hydrogens is 777 g/mol. The van der Waals surface area contributed by atoms with Crippen LogP contribution in [0.5, 0.6) is 28.7 Å². The second-order valence-corrected chi connectivity index (χ2v) is 14.2. The van der Waals surface area contributed by atoms with Crippen LogP contribution >= 0.6 is 0 Å². The molecular formula is C54H46O8. The zero-order valence-corrected chi connectivity index (χ0v) is 34.1. The lowest BCUT2D eigenvalue weighted by atomic mass is 10.1. The minimum absolute atomic E-state index is 0.137. The number of hydrogen-bond donors (Lipinski definition) is 0. The van der Waals surface area contributed by atoms with Crippen LogP contribution in [0.3, 0.4) is 0 Å². The maximum Gasteiger partial charge on any atom is 0.336 e. The van der Waals surface area contributed by atoms with Crippen molar-refractivity contribution in [3.05, 3.63) is 233 Å². The van der Waals surface area contributed by atoms with Crippen molar-refractivity contribution >= 4 is 24.1 Å². The molecule has 0 aromatic heterocycles. The molecule has 7 aromatic rings. The molecule has 0 N–H and O–H groups in total. The molecule has 7 aromatic carbocycles. The quantitative estimate of drug-likeness (QED) is 0.0427. The van der Waals surface area contributed by atoms with Gasteiger partial charge in [-0.15, -0.1) is 0 Å². The SMILES string of the molecule is O=C(/C=C/c1ccc(OCc2ccccc2)c(OCc2ccccc2)c1)OCCc1cccc(OC(=O)/C=C/c2ccc(OCc3ccccc3)c(OCc3ccccc3)c2)c1. The zero-order valence-electron chi connectivity index (χ0n) is 34.1. The molecule has 62 heavy (non-hydrogen) atoms. The van der Waals surface area contributed by atoms with Crippen LogP contribution in [0, 0.1) is 0 Å². The van der Waals surface area contributed by atoms with E-state index in [-0.39, 0.29) is 6.61 Å². The number of benzene rings is 7. The van der Waals surface area contributed by atoms with E-state index in [1.807, 2.05) is 164 Å². The van der Waals surface area contributed by atoms with Crippen LogP contribution in [0.25, 0.3) is 12.2 Å². The number of ether oxygens (including phenoxy) is 6. The Morgan fingerprint density at radius 3 is 1.24 bits per heavy atom. The highest BCUT2D eigenvalue weighted by molar-refractivity contribution is 5.89. The lowest BCUT2D eigenvalue weighted by Gasteiger charge is -2.14. The molecule has 8 nitrogen and oxygen atoms in total. The summed E-state index contributed by atoms with van der Waals surface area (Å²) in [6, 6.07) is 57.8. The molecule has 0 spiro atoms. The van der Waals surface area contributed by atoms with Crippen molar-refractivity contribution in [2.45, 2.75) is 32.8 Å². The summed E-state index contributed by atoms with van der Waals surface area (Å²) in [4.78, 5) is 25.6. The highest BCUT2D eigenvalue weighted by atomic mass is 16.5. The van der Waals surface area contributed by atoms with Gasteiger partial charge in [0.2, 0.25) is 0 Å². The first-order valence-electron chi connectivity index (χ1n) is 20.3. The molecule has 0 bridgehead atoms. The molecule has 8 heteroatoms. The molecule has 0 aliphatic heterocycles. The Morgan fingerprint density at radius 2 is 0.790 bits per heavy atom. The van der Waals surface area contributed by atoms with Gasteiger partial charge in [0.25, 0.3) is 0 Å². The maximum absolute atomic E-state index is 12.9. The Labute approximate surface area is 362 Å². The molecule has 0 aliphatic carbocycles. The molecule has 310 valence electrons. The van der Waals surface area contributed by atoms with E-state index in [9.17, 15) is 9.59 Å². The molecule has 7 rings (SSSR count). The van der Waals surface area contributed by atoms with Gasteiger partial charge in [-0.25, -0.2) is 9.59 Å². The van der Waals surface area contributed by atoms with Crippen LogP contribution in [0.4, 0.5) is 0 Å². The van der Waals surface area contributed by atoms with Crippen molar-refractivity contribution in [2.24, 2.45) is 0 Å². The van der Waals surface area contributed by atoms with Gasteiger partial charge in [0.05, 0.1) is 6.61 Å². The van der Waals surface area contributed by atoms with Gasteiger partial charge in [-0.3, -0.25) is 0 Å². The van der Waals surface area contributed by atoms with Gasteiger partial charge in [0.15, 0.2) is 23.0 Å². The standard InChI is InChI=1S/C54H46O8/c55-53(30-26-42-24-28-49(58-37-44-14-5-1-6-15-44)51(35-42)60-39-46-18-9-3-10-19-46)57-33-32-41-22-13-23-48(34-41)62-54(56)31-27-43-25-29-50(59-38-45-16-7-2-8-17-45)52(36-43)61-40-47-20-11-4-12-21-47/h1-31,34-36H,32-33,37-40H2/b30-26+,31-27+. The van der Waals surface area contributed by atoms with Crippen molar-refractivity contribution in [2.75, 3.05) is 6.61 Å². The molecule has 0 saturated heterocycles. The van der Waals surface area contributed by atoms with Crippen LogP contribution < -0.4 is 23.7 Å². The molecule has 0 amide bonds. The van der Waals surface area contributed by atoms with Gasteiger partial charge in [-0.05, 0) is 87.5 Å². The smallest absolute Gasteiger partial charge is 0.336 e. The minimum Gasteiger partial charge on any atom is -0.485 e. The average molecular weight is 823 g/mol. The first-order chi connectivity index (χ1) is 30.5. The van der Waals surface area contributed by atoms with Crippen molar-refractivity contribution < 1.29 is 38.0 Å². The third kappa shape index (κ3) is 13.6. The fraction of sp³-hybridized carbons (Fsp3) is 0.111. The summed E-state index contributed by atoms with van der Waals surface area (Å²) in [6.45, 7) is 1.64. The Morgan fingerprint density at radius 1 is 0.387 bits per heavy atom. The first kappa shape index (κ1) is 42.3. The van der Waals surface area contributed by atoms with E-state index in [1.165, 1.54) is 12.2 Å². The number of carbonyl (C=O) groups is 2. The van der Waals surface area contributed by atoms with E-state index < -0.39 is 11.9 Å². The third-order valence-electron chi connectivity index (χ3n) is 9.46. The van der Waals surface area contributed by atoms with E-state index in [0.717, 1.165) is 38.9 Å². The maximum atomic E-state index is 12.9. The van der Waals surface area contributed by atoms with Crippen molar-refractivity contribution in [3.8, 4) is 28.7 Å². The predicted octanol–water partition coefficient (Wildman–Crippen LogP) is 11.4. The second kappa shape index (κ2) is 22.5. The topological polar surface area (TPSA) is 89.5 Å². The second-order valence-electron chi connectivity index (χ2n) is 14.2. The largest absolute Gasteiger partial charge is 0.485 e. The van der Waals surface area contributed by atoms with Crippen molar-refractivity contribution in [1.82, 2.24) is 0 Å². The summed E-state index contributed by atoms with van der Waals surface area (Å²) in [5, 5.41) is 0. The van der Waals surface area contributed by atoms with Crippen LogP contribution in [0.1, 0.15) is 38.9 Å². The molecule has 0 aliphatic rings. The minimum atomic E-state index is -0.542. The fourth-order valence-corrected chi connectivity index (χ4v) is 6.22. The fourth-order valence-electron chi connectivity index (χ4n) is 6.22. The highest BCUT2D eigenvalue weighted by Crippen LogP contribution is 2.32. The molecule has 0 heterocycles. The Bertz CT molecular complexity index is 2550. The molecule has 0 fully saturated rings. The summed E-state index contributed by atoms with van der Waals surface area (Å²) < 4.78 is 35.7. The van der Waals surface area contributed by atoms with Gasteiger partial charge < -0.3 is 28.4 Å². The highest BCUT2D eigenvalue weighted by Gasteiger charge is 2.11. The third-order valence-corrected chi connectivity index (χ3v) is 9.46. The van der Waals surface area contributed by atoms with Crippen LogP contribution in [-0.2, 0) is 47.2 Å². The lowest BCUT2D eigenvalue weighted by Crippen LogP contribution is -2.06. The van der Waals surface area contributed by atoms with E-state index in [2.05, 4.69) is 0 Å². The van der Waals surface area contributed by atoms with Gasteiger partial charge >= 0.3 is 11.9 Å². The number of carbonyl (C=O) groups excluding carboxylic acids is 2. The van der Waals surface area contributed by atoms with Gasteiger partial charge in [-0.1, -0.05) is 146 Å². The molecule has 0 saturated carbocycles. The van der Waals surface area contributed by atoms with E-state index in [0.29, 0.717) is 61.6 Å². The number of hydrogen-bond acceptors (Lipinski definition) is 8. The number of rotatable bonds is 20. The summed E-state index contributed by atoms with van der Waals surface area (Å²) in [5.41, 5.74) is 6.45. The van der Waals surface area contributed by atoms with Crippen molar-refractivity contribution in [3.63, 3.8) is 0 Å². The van der Waals surface area contributed by atoms with Crippen molar-refractivity contribution in [1.29, 1.82) is 0 Å². The zero-order chi connectivity index (χ0) is 42.6. The lowest BCUT2D eigenvalue weighted by molar-refractivity contribution is -0.137. The van der Waals surface area contributed by atoms with Gasteiger partial charge in [0.1, 0.15) is 32.2 Å². The molecule has 0 atom stereocenters. The predicted molar refractivity (Wildman–Crippen MR) is 241 cm³/mol. The van der Waals surface area contributed by atoms with Crippen LogP contribution in [-0.4, -0.2) is 18.5 Å².